The lowest BCUT2D eigenvalue weighted by Gasteiger charge is -2.36. The van der Waals surface area contributed by atoms with Crippen molar-refractivity contribution in [3.05, 3.63) is 0 Å². The Bertz CT molecular complexity index is 398. The third-order valence-corrected chi connectivity index (χ3v) is 7.69. The average molecular weight is 395 g/mol. The molecule has 4 nitrogen and oxygen atoms in total. The number of rotatable bonds is 7. The van der Waals surface area contributed by atoms with Gasteiger partial charge in [0.2, 0.25) is 0 Å². The summed E-state index contributed by atoms with van der Waals surface area (Å²) in [6.45, 7) is 26.7. The molecule has 2 unspecified atom stereocenters. The summed E-state index contributed by atoms with van der Waals surface area (Å²) in [5, 5.41) is 0. The predicted molar refractivity (Wildman–Crippen MR) is 123 cm³/mol. The molecule has 0 aromatic rings. The summed E-state index contributed by atoms with van der Waals surface area (Å²) in [4.78, 5) is 10.9. The van der Waals surface area contributed by atoms with E-state index in [4.69, 9.17) is 0 Å². The Morgan fingerprint density at radius 1 is 0.571 bits per heavy atom. The van der Waals surface area contributed by atoms with E-state index in [2.05, 4.69) is 75.0 Å². The van der Waals surface area contributed by atoms with Crippen LogP contribution >= 0.6 is 0 Å². The van der Waals surface area contributed by atoms with Gasteiger partial charge in [-0.15, -0.1) is 0 Å². The first kappa shape index (κ1) is 24.1. The Hall–Kier alpha value is -0.160. The molecule has 0 spiro atoms. The van der Waals surface area contributed by atoms with Gasteiger partial charge in [-0.3, -0.25) is 19.6 Å². The van der Waals surface area contributed by atoms with Crippen molar-refractivity contribution < 1.29 is 0 Å². The summed E-state index contributed by atoms with van der Waals surface area (Å²) < 4.78 is 0. The molecule has 2 heterocycles. The molecule has 0 saturated carbocycles. The van der Waals surface area contributed by atoms with Crippen LogP contribution in [-0.4, -0.2) is 95.1 Å². The highest BCUT2D eigenvalue weighted by atomic mass is 15.3. The minimum Gasteiger partial charge on any atom is -0.300 e. The van der Waals surface area contributed by atoms with E-state index in [-0.39, 0.29) is 0 Å². The smallest absolute Gasteiger partial charge is 0.0115 e. The lowest BCUT2D eigenvalue weighted by atomic mass is 10.0. The highest BCUT2D eigenvalue weighted by Crippen LogP contribution is 2.22. The van der Waals surface area contributed by atoms with E-state index in [9.17, 15) is 0 Å². The van der Waals surface area contributed by atoms with Gasteiger partial charge in [-0.2, -0.15) is 0 Å². The Morgan fingerprint density at radius 2 is 0.929 bits per heavy atom. The van der Waals surface area contributed by atoms with E-state index in [1.165, 1.54) is 65.0 Å². The third kappa shape index (κ3) is 6.68. The molecule has 0 amide bonds. The van der Waals surface area contributed by atoms with Crippen LogP contribution < -0.4 is 0 Å². The quantitative estimate of drug-likeness (QED) is 0.643. The molecule has 28 heavy (non-hydrogen) atoms. The Kier molecular flexibility index (Phi) is 9.72. The Morgan fingerprint density at radius 3 is 1.25 bits per heavy atom. The fourth-order valence-corrected chi connectivity index (χ4v) is 5.35. The summed E-state index contributed by atoms with van der Waals surface area (Å²) in [5.74, 6) is 0. The molecule has 0 aliphatic carbocycles. The Labute approximate surface area is 176 Å². The van der Waals surface area contributed by atoms with Gasteiger partial charge >= 0.3 is 0 Å². The van der Waals surface area contributed by atoms with Crippen molar-refractivity contribution in [2.24, 2.45) is 0 Å². The summed E-state index contributed by atoms with van der Waals surface area (Å²) in [7, 11) is 0. The topological polar surface area (TPSA) is 13.0 Å². The highest BCUT2D eigenvalue weighted by molar-refractivity contribution is 4.84. The number of hydrogen-bond donors (Lipinski definition) is 0. The van der Waals surface area contributed by atoms with Crippen LogP contribution in [0.1, 0.15) is 81.1 Å². The van der Waals surface area contributed by atoms with Gasteiger partial charge in [0.1, 0.15) is 0 Å². The summed E-state index contributed by atoms with van der Waals surface area (Å²) in [6, 6.07) is 4.17. The van der Waals surface area contributed by atoms with E-state index in [0.717, 1.165) is 0 Å². The molecule has 4 atom stereocenters. The van der Waals surface area contributed by atoms with Crippen LogP contribution in [0.2, 0.25) is 0 Å². The van der Waals surface area contributed by atoms with Crippen LogP contribution in [0.25, 0.3) is 0 Å². The summed E-state index contributed by atoms with van der Waals surface area (Å²) in [6.07, 6.45) is 5.27. The minimum atomic E-state index is 0.678. The fraction of sp³-hybridized carbons (Fsp3) is 1.00. The molecule has 0 N–H and O–H groups in total. The fourth-order valence-electron chi connectivity index (χ4n) is 5.35. The molecular weight excluding hydrogens is 344 g/mol. The van der Waals surface area contributed by atoms with E-state index >= 15 is 0 Å². The molecule has 0 aromatic heterocycles. The normalized spacial score (nSPS) is 29.8. The van der Waals surface area contributed by atoms with Crippen molar-refractivity contribution in [1.82, 2.24) is 19.6 Å². The first-order valence-electron chi connectivity index (χ1n) is 12.2. The van der Waals surface area contributed by atoms with E-state index in [1.807, 2.05) is 0 Å². The zero-order valence-electron chi connectivity index (χ0n) is 20.3. The Balaban J connectivity index is 1.84. The maximum Gasteiger partial charge on any atom is 0.0115 e. The lowest BCUT2D eigenvalue weighted by Crippen LogP contribution is -2.44. The molecule has 0 aromatic carbocycles. The highest BCUT2D eigenvalue weighted by Gasteiger charge is 2.28. The van der Waals surface area contributed by atoms with Gasteiger partial charge in [-0.1, -0.05) is 0 Å². The molecule has 2 fully saturated rings. The van der Waals surface area contributed by atoms with Crippen molar-refractivity contribution in [2.45, 2.75) is 117 Å². The minimum absolute atomic E-state index is 0.678. The first-order chi connectivity index (χ1) is 13.2. The van der Waals surface area contributed by atoms with Gasteiger partial charge in [-0.05, 0) is 94.2 Å². The summed E-state index contributed by atoms with van der Waals surface area (Å²) in [5.41, 5.74) is 0. The maximum atomic E-state index is 2.79. The van der Waals surface area contributed by atoms with E-state index in [0.29, 0.717) is 36.3 Å². The van der Waals surface area contributed by atoms with E-state index < -0.39 is 0 Å². The molecule has 2 rings (SSSR count). The van der Waals surface area contributed by atoms with Gasteiger partial charge in [0.15, 0.2) is 0 Å². The van der Waals surface area contributed by atoms with Crippen LogP contribution in [0.5, 0.6) is 0 Å². The molecule has 0 bridgehead atoms. The van der Waals surface area contributed by atoms with Crippen LogP contribution in [0.3, 0.4) is 0 Å². The predicted octanol–water partition coefficient (Wildman–Crippen LogP) is 4.15. The van der Waals surface area contributed by atoms with Crippen LogP contribution in [0.4, 0.5) is 0 Å². The maximum absolute atomic E-state index is 2.79. The second-order valence-electron chi connectivity index (χ2n) is 10.3. The third-order valence-electron chi connectivity index (χ3n) is 7.69. The molecule has 0 radical (unpaired) electrons. The number of nitrogens with zero attached hydrogens (tertiary/aromatic N) is 4. The van der Waals surface area contributed by atoms with Crippen molar-refractivity contribution >= 4 is 0 Å². The second-order valence-corrected chi connectivity index (χ2v) is 10.3. The zero-order chi connectivity index (χ0) is 20.8. The second kappa shape index (κ2) is 11.3. The van der Waals surface area contributed by atoms with Gasteiger partial charge in [0.25, 0.3) is 0 Å². The van der Waals surface area contributed by atoms with Gasteiger partial charge < -0.3 is 0 Å². The SMILES string of the molecule is CC(C)N1CC[C@H](C)N(C(C)CCC(C)N2CCN(C(C)C)CC[C@@H]2C)CC1. The van der Waals surface area contributed by atoms with Crippen LogP contribution in [0, 0.1) is 0 Å². The van der Waals surface area contributed by atoms with Crippen LogP contribution in [0.15, 0.2) is 0 Å². The summed E-state index contributed by atoms with van der Waals surface area (Å²) >= 11 is 0. The standard InChI is InChI=1S/C24H50N4/c1-19(2)25-13-11-23(7)27(17-15-25)21(5)9-10-22(6)28-18-16-26(20(3)4)14-12-24(28)8/h19-24H,9-18H2,1-8H3/t21?,22?,23-,24-/m0/s1. The number of hydrogen-bond acceptors (Lipinski definition) is 4. The molecule has 2 aliphatic heterocycles. The van der Waals surface area contributed by atoms with Gasteiger partial charge in [0, 0.05) is 62.4 Å². The molecular formula is C24H50N4. The largest absolute Gasteiger partial charge is 0.300 e. The van der Waals surface area contributed by atoms with Gasteiger partial charge in [0.05, 0.1) is 0 Å². The van der Waals surface area contributed by atoms with Crippen molar-refractivity contribution in [3.63, 3.8) is 0 Å². The molecule has 4 heteroatoms. The first-order valence-corrected chi connectivity index (χ1v) is 12.2. The molecule has 2 aliphatic rings. The van der Waals surface area contributed by atoms with Gasteiger partial charge in [-0.25, -0.2) is 0 Å². The monoisotopic (exact) mass is 394 g/mol. The van der Waals surface area contributed by atoms with Crippen molar-refractivity contribution in [1.29, 1.82) is 0 Å². The van der Waals surface area contributed by atoms with E-state index in [1.54, 1.807) is 0 Å². The van der Waals surface area contributed by atoms with Crippen molar-refractivity contribution in [2.75, 3.05) is 39.3 Å². The molecule has 166 valence electrons. The van der Waals surface area contributed by atoms with Crippen molar-refractivity contribution in [3.8, 4) is 0 Å². The lowest BCUT2D eigenvalue weighted by molar-refractivity contribution is 0.117. The zero-order valence-corrected chi connectivity index (χ0v) is 20.3. The van der Waals surface area contributed by atoms with Crippen LogP contribution in [-0.2, 0) is 0 Å². The molecule has 2 saturated heterocycles. The average Bonchev–Trinajstić information content (AvgIpc) is 2.95.